The standard InChI is InChI=1S/C26H36O5Si/c1-26(2,3)32(19-11-7-5-8-12-19,20-13-9-6-10-14-20)29-18-23-21(15-16-27)22-17-24(28-4)31-25(22)30-23/h5-14,21-25,27H,15-18H2,1-4H3/t21-,22+,23+,24+,25+/m0/s1. The van der Waals surface area contributed by atoms with Crippen molar-refractivity contribution in [1.29, 1.82) is 0 Å². The van der Waals surface area contributed by atoms with Crippen LogP contribution in [0.3, 0.4) is 0 Å². The summed E-state index contributed by atoms with van der Waals surface area (Å²) in [6, 6.07) is 21.3. The van der Waals surface area contributed by atoms with Crippen molar-refractivity contribution in [2.75, 3.05) is 20.3 Å². The highest BCUT2D eigenvalue weighted by Gasteiger charge is 2.54. The van der Waals surface area contributed by atoms with Gasteiger partial charge < -0.3 is 23.7 Å². The first-order chi connectivity index (χ1) is 15.4. The fourth-order valence-electron chi connectivity index (χ4n) is 5.53. The van der Waals surface area contributed by atoms with E-state index in [4.69, 9.17) is 18.6 Å². The second-order valence-corrected chi connectivity index (χ2v) is 14.2. The molecule has 2 aromatic carbocycles. The highest BCUT2D eigenvalue weighted by Crippen LogP contribution is 2.45. The lowest BCUT2D eigenvalue weighted by molar-refractivity contribution is -0.203. The summed E-state index contributed by atoms with van der Waals surface area (Å²) >= 11 is 0. The van der Waals surface area contributed by atoms with Crippen LogP contribution in [0.4, 0.5) is 0 Å². The maximum absolute atomic E-state index is 9.74. The van der Waals surface area contributed by atoms with Crippen LogP contribution in [-0.4, -0.2) is 52.4 Å². The van der Waals surface area contributed by atoms with E-state index in [1.165, 1.54) is 10.4 Å². The van der Waals surface area contributed by atoms with Crippen molar-refractivity contribution in [2.45, 2.75) is 57.3 Å². The van der Waals surface area contributed by atoms with Crippen molar-refractivity contribution in [3.05, 3.63) is 60.7 Å². The lowest BCUT2D eigenvalue weighted by Crippen LogP contribution is -2.67. The zero-order chi connectivity index (χ0) is 22.8. The minimum Gasteiger partial charge on any atom is -0.405 e. The number of ether oxygens (including phenoxy) is 3. The summed E-state index contributed by atoms with van der Waals surface area (Å²) in [6.45, 7) is 7.44. The first-order valence-electron chi connectivity index (χ1n) is 11.6. The third-order valence-electron chi connectivity index (χ3n) is 7.04. The number of hydrogen-bond acceptors (Lipinski definition) is 5. The van der Waals surface area contributed by atoms with E-state index < -0.39 is 8.32 Å². The summed E-state index contributed by atoms with van der Waals surface area (Å²) in [6.07, 6.45) is 0.836. The molecule has 0 spiro atoms. The summed E-state index contributed by atoms with van der Waals surface area (Å²) < 4.78 is 24.8. The third kappa shape index (κ3) is 4.32. The minimum atomic E-state index is -2.63. The van der Waals surface area contributed by atoms with Crippen LogP contribution >= 0.6 is 0 Å². The summed E-state index contributed by atoms with van der Waals surface area (Å²) in [7, 11) is -0.971. The average Bonchev–Trinajstić information content (AvgIpc) is 3.33. The summed E-state index contributed by atoms with van der Waals surface area (Å²) in [5.41, 5.74) is 0. The van der Waals surface area contributed by atoms with Gasteiger partial charge in [0.05, 0.1) is 12.7 Å². The smallest absolute Gasteiger partial charge is 0.261 e. The molecule has 0 unspecified atom stereocenters. The highest BCUT2D eigenvalue weighted by atomic mass is 28.4. The van der Waals surface area contributed by atoms with Crippen LogP contribution in [0.1, 0.15) is 33.6 Å². The van der Waals surface area contributed by atoms with Gasteiger partial charge in [0.25, 0.3) is 8.32 Å². The van der Waals surface area contributed by atoms with Gasteiger partial charge in [-0.2, -0.15) is 0 Å². The topological polar surface area (TPSA) is 57.2 Å². The summed E-state index contributed by atoms with van der Waals surface area (Å²) in [4.78, 5) is 0. The molecule has 0 bridgehead atoms. The molecule has 0 amide bonds. The molecule has 0 aliphatic carbocycles. The molecule has 0 aromatic heterocycles. The van der Waals surface area contributed by atoms with E-state index in [1.54, 1.807) is 7.11 Å². The Balaban J connectivity index is 1.65. The zero-order valence-electron chi connectivity index (χ0n) is 19.6. The molecule has 2 aliphatic rings. The minimum absolute atomic E-state index is 0.0890. The Bertz CT molecular complexity index is 814. The lowest BCUT2D eigenvalue weighted by Gasteiger charge is -2.43. The van der Waals surface area contributed by atoms with E-state index in [9.17, 15) is 5.11 Å². The zero-order valence-corrected chi connectivity index (χ0v) is 20.6. The molecule has 2 aliphatic heterocycles. The predicted octanol–water partition coefficient (Wildman–Crippen LogP) is 3.30. The quantitative estimate of drug-likeness (QED) is 0.618. The fourth-order valence-corrected chi connectivity index (χ4v) is 10.1. The van der Waals surface area contributed by atoms with Gasteiger partial charge in [0.15, 0.2) is 12.6 Å². The average molecular weight is 457 g/mol. The maximum atomic E-state index is 9.74. The van der Waals surface area contributed by atoms with Crippen molar-refractivity contribution in [2.24, 2.45) is 11.8 Å². The van der Waals surface area contributed by atoms with Crippen LogP contribution in [0.2, 0.25) is 5.04 Å². The lowest BCUT2D eigenvalue weighted by atomic mass is 9.86. The second kappa shape index (κ2) is 9.75. The summed E-state index contributed by atoms with van der Waals surface area (Å²) in [5, 5.41) is 12.2. The Kier molecular flexibility index (Phi) is 7.20. The Morgan fingerprint density at radius 2 is 1.56 bits per heavy atom. The number of benzene rings is 2. The molecule has 32 heavy (non-hydrogen) atoms. The number of rotatable bonds is 8. The van der Waals surface area contributed by atoms with Gasteiger partial charge in [0.2, 0.25) is 0 Å². The number of aliphatic hydroxyl groups excluding tert-OH is 1. The fraction of sp³-hybridized carbons (Fsp3) is 0.538. The van der Waals surface area contributed by atoms with Gasteiger partial charge in [-0.1, -0.05) is 81.4 Å². The molecule has 1 N–H and O–H groups in total. The van der Waals surface area contributed by atoms with Gasteiger partial charge >= 0.3 is 0 Å². The largest absolute Gasteiger partial charge is 0.405 e. The van der Waals surface area contributed by atoms with Crippen molar-refractivity contribution in [3.8, 4) is 0 Å². The van der Waals surface area contributed by atoms with Gasteiger partial charge in [-0.15, -0.1) is 0 Å². The molecular weight excluding hydrogens is 420 g/mol. The van der Waals surface area contributed by atoms with E-state index >= 15 is 0 Å². The van der Waals surface area contributed by atoms with Crippen LogP contribution in [0.25, 0.3) is 0 Å². The molecule has 0 saturated carbocycles. The number of fused-ring (bicyclic) bond motifs is 1. The Morgan fingerprint density at radius 1 is 0.969 bits per heavy atom. The first kappa shape index (κ1) is 23.6. The van der Waals surface area contributed by atoms with E-state index in [-0.39, 0.29) is 42.2 Å². The molecule has 0 radical (unpaired) electrons. The van der Waals surface area contributed by atoms with Gasteiger partial charge in [0, 0.05) is 26.1 Å². The van der Waals surface area contributed by atoms with Gasteiger partial charge in [-0.05, 0) is 27.8 Å². The van der Waals surface area contributed by atoms with Crippen molar-refractivity contribution >= 4 is 18.7 Å². The van der Waals surface area contributed by atoms with Crippen LogP contribution in [-0.2, 0) is 18.6 Å². The van der Waals surface area contributed by atoms with Gasteiger partial charge in [-0.25, -0.2) is 0 Å². The van der Waals surface area contributed by atoms with E-state index in [2.05, 4.69) is 81.4 Å². The van der Waals surface area contributed by atoms with Crippen molar-refractivity contribution in [3.63, 3.8) is 0 Å². The third-order valence-corrected chi connectivity index (χ3v) is 12.0. The van der Waals surface area contributed by atoms with E-state index in [0.717, 1.165) is 6.42 Å². The Morgan fingerprint density at radius 3 is 2.06 bits per heavy atom. The molecule has 4 rings (SSSR count). The predicted molar refractivity (Wildman–Crippen MR) is 127 cm³/mol. The molecule has 2 aromatic rings. The highest BCUT2D eigenvalue weighted by molar-refractivity contribution is 6.99. The van der Waals surface area contributed by atoms with E-state index in [1.807, 2.05) is 0 Å². The molecule has 2 fully saturated rings. The molecule has 6 heteroatoms. The second-order valence-electron chi connectivity index (χ2n) is 9.89. The van der Waals surface area contributed by atoms with Crippen LogP contribution < -0.4 is 10.4 Å². The molecule has 5 atom stereocenters. The number of hydrogen-bond donors (Lipinski definition) is 1. The van der Waals surface area contributed by atoms with Crippen molar-refractivity contribution < 1.29 is 23.7 Å². The van der Waals surface area contributed by atoms with E-state index in [0.29, 0.717) is 13.0 Å². The number of methoxy groups -OCH3 is 1. The van der Waals surface area contributed by atoms with Crippen LogP contribution in [0.5, 0.6) is 0 Å². The molecule has 5 nitrogen and oxygen atoms in total. The van der Waals surface area contributed by atoms with Crippen LogP contribution in [0.15, 0.2) is 60.7 Å². The monoisotopic (exact) mass is 456 g/mol. The molecule has 2 saturated heterocycles. The normalized spacial score (nSPS) is 28.1. The van der Waals surface area contributed by atoms with Crippen molar-refractivity contribution in [1.82, 2.24) is 0 Å². The number of aliphatic hydroxyl groups is 1. The van der Waals surface area contributed by atoms with Crippen LogP contribution in [0, 0.1) is 11.8 Å². The molecule has 174 valence electrons. The maximum Gasteiger partial charge on any atom is 0.261 e. The first-order valence-corrected chi connectivity index (χ1v) is 13.5. The molecular formula is C26H36O5Si. The molecule has 2 heterocycles. The SMILES string of the molecule is CO[C@H]1C[C@H]2[C@@H](O1)O[C@H](CO[Si](c1ccccc1)(c1ccccc1)C(C)(C)C)[C@H]2CCO. The van der Waals surface area contributed by atoms with Gasteiger partial charge in [0.1, 0.15) is 0 Å². The Labute approximate surface area is 192 Å². The van der Waals surface area contributed by atoms with Gasteiger partial charge in [-0.3, -0.25) is 0 Å². The summed E-state index contributed by atoms with van der Waals surface area (Å²) in [5.74, 6) is 0.406. The Hall–Kier alpha value is -1.54.